The predicted octanol–water partition coefficient (Wildman–Crippen LogP) is 3.01. The molecule has 1 aromatic heterocycles. The molecule has 7 heteroatoms. The maximum absolute atomic E-state index is 5.99. The predicted molar refractivity (Wildman–Crippen MR) is 97.1 cm³/mol. The van der Waals surface area contributed by atoms with Crippen LogP contribution in [0.2, 0.25) is 5.02 Å². The van der Waals surface area contributed by atoms with Crippen molar-refractivity contribution in [3.63, 3.8) is 0 Å². The lowest BCUT2D eigenvalue weighted by molar-refractivity contribution is 0.0378. The molecular formula is C17H22ClN5O. The van der Waals surface area contributed by atoms with Gasteiger partial charge >= 0.3 is 0 Å². The maximum atomic E-state index is 5.99. The second kappa shape index (κ2) is 8.82. The standard InChI is InChI=1S/C17H22ClN5O/c18-14-3-1-4-15(13-14)21-17-20-7-5-16(22-17)19-6-2-8-23-9-11-24-12-10-23/h1,3-5,7,13H,2,6,8-12H2,(H2,19,20,21,22). The van der Waals surface area contributed by atoms with Crippen LogP contribution in [-0.2, 0) is 4.74 Å². The normalized spacial score (nSPS) is 15.2. The first kappa shape index (κ1) is 17.0. The zero-order valence-electron chi connectivity index (χ0n) is 13.5. The van der Waals surface area contributed by atoms with Crippen LogP contribution in [0, 0.1) is 0 Å². The van der Waals surface area contributed by atoms with Gasteiger partial charge in [-0.15, -0.1) is 0 Å². The molecule has 24 heavy (non-hydrogen) atoms. The Labute approximate surface area is 147 Å². The highest BCUT2D eigenvalue weighted by Gasteiger charge is 2.09. The van der Waals surface area contributed by atoms with Gasteiger partial charge < -0.3 is 15.4 Å². The highest BCUT2D eigenvalue weighted by Crippen LogP contribution is 2.18. The van der Waals surface area contributed by atoms with Gasteiger partial charge in [0.2, 0.25) is 5.95 Å². The zero-order valence-corrected chi connectivity index (χ0v) is 14.3. The lowest BCUT2D eigenvalue weighted by Gasteiger charge is -2.26. The number of anilines is 3. The van der Waals surface area contributed by atoms with Crippen molar-refractivity contribution in [3.8, 4) is 0 Å². The third-order valence-corrected chi connectivity index (χ3v) is 4.03. The number of nitrogens with one attached hydrogen (secondary N) is 2. The molecule has 0 saturated carbocycles. The Morgan fingerprint density at radius 1 is 1.21 bits per heavy atom. The minimum Gasteiger partial charge on any atom is -0.379 e. The van der Waals surface area contributed by atoms with E-state index in [9.17, 15) is 0 Å². The van der Waals surface area contributed by atoms with Crippen LogP contribution < -0.4 is 10.6 Å². The van der Waals surface area contributed by atoms with Crippen molar-refractivity contribution in [1.29, 1.82) is 0 Å². The van der Waals surface area contributed by atoms with E-state index in [0.29, 0.717) is 11.0 Å². The van der Waals surface area contributed by atoms with Gasteiger partial charge in [0, 0.05) is 36.5 Å². The number of morpholine rings is 1. The Morgan fingerprint density at radius 3 is 2.92 bits per heavy atom. The van der Waals surface area contributed by atoms with Crippen molar-refractivity contribution in [2.45, 2.75) is 6.42 Å². The zero-order chi connectivity index (χ0) is 16.6. The van der Waals surface area contributed by atoms with Crippen LogP contribution in [0.5, 0.6) is 0 Å². The number of aromatic nitrogens is 2. The lowest BCUT2D eigenvalue weighted by atomic mass is 10.3. The van der Waals surface area contributed by atoms with Crippen molar-refractivity contribution < 1.29 is 4.74 Å². The van der Waals surface area contributed by atoms with E-state index in [4.69, 9.17) is 16.3 Å². The summed E-state index contributed by atoms with van der Waals surface area (Å²) in [7, 11) is 0. The Kier molecular flexibility index (Phi) is 6.23. The number of rotatable bonds is 7. The van der Waals surface area contributed by atoms with Crippen molar-refractivity contribution in [3.05, 3.63) is 41.6 Å². The molecule has 1 aliphatic heterocycles. The highest BCUT2D eigenvalue weighted by atomic mass is 35.5. The maximum Gasteiger partial charge on any atom is 0.229 e. The van der Waals surface area contributed by atoms with E-state index in [2.05, 4.69) is 25.5 Å². The highest BCUT2D eigenvalue weighted by molar-refractivity contribution is 6.30. The third-order valence-electron chi connectivity index (χ3n) is 3.80. The molecule has 1 fully saturated rings. The van der Waals surface area contributed by atoms with Gasteiger partial charge in [0.15, 0.2) is 0 Å². The van der Waals surface area contributed by atoms with Crippen molar-refractivity contribution >= 4 is 29.1 Å². The van der Waals surface area contributed by atoms with E-state index in [-0.39, 0.29) is 0 Å². The van der Waals surface area contributed by atoms with E-state index in [1.54, 1.807) is 6.20 Å². The Balaban J connectivity index is 1.46. The van der Waals surface area contributed by atoms with E-state index in [1.165, 1.54) is 0 Å². The number of nitrogens with zero attached hydrogens (tertiary/aromatic N) is 3. The van der Waals surface area contributed by atoms with E-state index >= 15 is 0 Å². The average Bonchev–Trinajstić information content (AvgIpc) is 2.60. The minimum absolute atomic E-state index is 0.551. The van der Waals surface area contributed by atoms with Gasteiger partial charge in [-0.25, -0.2) is 4.98 Å². The van der Waals surface area contributed by atoms with E-state index < -0.39 is 0 Å². The summed E-state index contributed by atoms with van der Waals surface area (Å²) in [4.78, 5) is 11.1. The van der Waals surface area contributed by atoms with Crippen LogP contribution in [0.3, 0.4) is 0 Å². The van der Waals surface area contributed by atoms with Crippen LogP contribution >= 0.6 is 11.6 Å². The number of hydrogen-bond donors (Lipinski definition) is 2. The first-order chi connectivity index (χ1) is 11.8. The summed E-state index contributed by atoms with van der Waals surface area (Å²) in [6.07, 6.45) is 2.81. The summed E-state index contributed by atoms with van der Waals surface area (Å²) in [5.74, 6) is 1.37. The number of benzene rings is 1. The molecule has 0 bridgehead atoms. The summed E-state index contributed by atoms with van der Waals surface area (Å²) in [6.45, 7) is 5.71. The summed E-state index contributed by atoms with van der Waals surface area (Å²) >= 11 is 5.99. The second-order valence-electron chi connectivity index (χ2n) is 5.64. The molecule has 0 radical (unpaired) electrons. The molecular weight excluding hydrogens is 326 g/mol. The van der Waals surface area contributed by atoms with Crippen molar-refractivity contribution in [2.24, 2.45) is 0 Å². The Morgan fingerprint density at radius 2 is 2.08 bits per heavy atom. The monoisotopic (exact) mass is 347 g/mol. The lowest BCUT2D eigenvalue weighted by Crippen LogP contribution is -2.37. The average molecular weight is 348 g/mol. The number of ether oxygens (including phenoxy) is 1. The fraction of sp³-hybridized carbons (Fsp3) is 0.412. The smallest absolute Gasteiger partial charge is 0.229 e. The molecule has 0 spiro atoms. The van der Waals surface area contributed by atoms with Crippen LogP contribution in [0.25, 0.3) is 0 Å². The molecule has 0 atom stereocenters. The molecule has 1 aromatic carbocycles. The Bertz CT molecular complexity index is 648. The van der Waals surface area contributed by atoms with Crippen molar-refractivity contribution in [2.75, 3.05) is 50.0 Å². The fourth-order valence-corrected chi connectivity index (χ4v) is 2.75. The van der Waals surface area contributed by atoms with Gasteiger partial charge in [0.1, 0.15) is 5.82 Å². The van der Waals surface area contributed by atoms with Gasteiger partial charge in [-0.3, -0.25) is 4.90 Å². The molecule has 0 unspecified atom stereocenters. The molecule has 0 aliphatic carbocycles. The molecule has 2 aromatic rings. The molecule has 3 rings (SSSR count). The number of halogens is 1. The van der Waals surface area contributed by atoms with Gasteiger partial charge in [-0.05, 0) is 37.2 Å². The first-order valence-corrected chi connectivity index (χ1v) is 8.57. The molecule has 6 nitrogen and oxygen atoms in total. The molecule has 1 aliphatic rings. The van der Waals surface area contributed by atoms with Crippen LogP contribution in [-0.4, -0.2) is 54.3 Å². The van der Waals surface area contributed by atoms with Crippen LogP contribution in [0.4, 0.5) is 17.5 Å². The first-order valence-electron chi connectivity index (χ1n) is 8.19. The van der Waals surface area contributed by atoms with Gasteiger partial charge in [0.25, 0.3) is 0 Å². The third kappa shape index (κ3) is 5.33. The summed E-state index contributed by atoms with van der Waals surface area (Å²) < 4.78 is 5.36. The molecule has 2 N–H and O–H groups in total. The SMILES string of the molecule is Clc1cccc(Nc2nccc(NCCCN3CCOCC3)n2)c1. The second-order valence-corrected chi connectivity index (χ2v) is 6.07. The quantitative estimate of drug-likeness (QED) is 0.751. The largest absolute Gasteiger partial charge is 0.379 e. The topological polar surface area (TPSA) is 62.3 Å². The molecule has 1 saturated heterocycles. The van der Waals surface area contributed by atoms with E-state index in [0.717, 1.165) is 57.3 Å². The summed E-state index contributed by atoms with van der Waals surface area (Å²) in [6, 6.07) is 9.36. The molecule has 2 heterocycles. The fourth-order valence-electron chi connectivity index (χ4n) is 2.56. The Hall–Kier alpha value is -1.89. The number of hydrogen-bond acceptors (Lipinski definition) is 6. The molecule has 0 amide bonds. The van der Waals surface area contributed by atoms with Crippen LogP contribution in [0.15, 0.2) is 36.5 Å². The summed E-state index contributed by atoms with van der Waals surface area (Å²) in [5, 5.41) is 7.18. The van der Waals surface area contributed by atoms with E-state index in [1.807, 2.05) is 30.3 Å². The van der Waals surface area contributed by atoms with Gasteiger partial charge in [-0.2, -0.15) is 4.98 Å². The van der Waals surface area contributed by atoms with Crippen molar-refractivity contribution in [1.82, 2.24) is 14.9 Å². The van der Waals surface area contributed by atoms with Crippen LogP contribution in [0.1, 0.15) is 6.42 Å². The molecule has 128 valence electrons. The summed E-state index contributed by atoms with van der Waals surface area (Å²) in [5.41, 5.74) is 0.868. The van der Waals surface area contributed by atoms with Gasteiger partial charge in [0.05, 0.1) is 13.2 Å². The van der Waals surface area contributed by atoms with Gasteiger partial charge in [-0.1, -0.05) is 17.7 Å². The minimum atomic E-state index is 0.551.